The Morgan fingerprint density at radius 3 is 2.62 bits per heavy atom. The number of hydrogen-bond donors (Lipinski definition) is 1. The molecule has 90 valence electrons. The Hall–Kier alpha value is -0.930. The molecule has 0 heterocycles. The molecule has 0 aliphatic carbocycles. The average molecular weight is 225 g/mol. The second kappa shape index (κ2) is 6.61. The molecule has 0 unspecified atom stereocenters. The largest absolute Gasteiger partial charge is 0.395 e. The van der Waals surface area contributed by atoms with Gasteiger partial charge in [-0.1, -0.05) is 25.1 Å². The lowest BCUT2D eigenvalue weighted by molar-refractivity contribution is 0.147. The van der Waals surface area contributed by atoms with Crippen LogP contribution in [0.5, 0.6) is 0 Å². The first-order chi connectivity index (χ1) is 7.69. The van der Waals surface area contributed by atoms with E-state index in [1.807, 2.05) is 6.07 Å². The topological polar surface area (TPSA) is 23.5 Å². The fourth-order valence-electron chi connectivity index (χ4n) is 1.69. The SMILES string of the molecule is CC[C@@H](C)N(CCO)Cc1ccccc1F. The van der Waals surface area contributed by atoms with Gasteiger partial charge in [0.2, 0.25) is 0 Å². The summed E-state index contributed by atoms with van der Waals surface area (Å²) in [7, 11) is 0. The molecule has 0 spiro atoms. The van der Waals surface area contributed by atoms with Crippen molar-refractivity contribution in [2.75, 3.05) is 13.2 Å². The van der Waals surface area contributed by atoms with Crippen molar-refractivity contribution in [2.24, 2.45) is 0 Å². The van der Waals surface area contributed by atoms with E-state index in [1.54, 1.807) is 12.1 Å². The van der Waals surface area contributed by atoms with Gasteiger partial charge in [-0.15, -0.1) is 0 Å². The van der Waals surface area contributed by atoms with Crippen molar-refractivity contribution in [3.63, 3.8) is 0 Å². The van der Waals surface area contributed by atoms with Crippen LogP contribution in [0, 0.1) is 5.82 Å². The lowest BCUT2D eigenvalue weighted by atomic mass is 10.1. The number of nitrogens with zero attached hydrogens (tertiary/aromatic N) is 1. The van der Waals surface area contributed by atoms with Crippen molar-refractivity contribution in [3.05, 3.63) is 35.6 Å². The Bertz CT molecular complexity index is 317. The van der Waals surface area contributed by atoms with Crippen molar-refractivity contribution >= 4 is 0 Å². The maximum atomic E-state index is 13.5. The third kappa shape index (κ3) is 3.58. The van der Waals surface area contributed by atoms with Gasteiger partial charge < -0.3 is 5.11 Å². The summed E-state index contributed by atoms with van der Waals surface area (Å²) in [4.78, 5) is 2.10. The zero-order chi connectivity index (χ0) is 12.0. The number of benzene rings is 1. The summed E-state index contributed by atoms with van der Waals surface area (Å²) in [6, 6.07) is 7.15. The minimum Gasteiger partial charge on any atom is -0.395 e. The van der Waals surface area contributed by atoms with Gasteiger partial charge >= 0.3 is 0 Å². The first-order valence-corrected chi connectivity index (χ1v) is 5.77. The molecule has 0 saturated heterocycles. The lowest BCUT2D eigenvalue weighted by Crippen LogP contribution is -2.34. The van der Waals surface area contributed by atoms with Crippen LogP contribution in [0.4, 0.5) is 4.39 Å². The minimum atomic E-state index is -0.172. The van der Waals surface area contributed by atoms with Gasteiger partial charge in [0, 0.05) is 24.7 Å². The van der Waals surface area contributed by atoms with E-state index in [-0.39, 0.29) is 12.4 Å². The second-order valence-corrected chi connectivity index (χ2v) is 4.04. The minimum absolute atomic E-state index is 0.110. The zero-order valence-electron chi connectivity index (χ0n) is 9.99. The molecule has 0 aliphatic rings. The van der Waals surface area contributed by atoms with Gasteiger partial charge in [0.1, 0.15) is 5.82 Å². The van der Waals surface area contributed by atoms with E-state index in [0.717, 1.165) is 6.42 Å². The average Bonchev–Trinajstić information content (AvgIpc) is 2.30. The Morgan fingerprint density at radius 2 is 2.06 bits per heavy atom. The normalized spacial score (nSPS) is 13.1. The van der Waals surface area contributed by atoms with Gasteiger partial charge in [-0.3, -0.25) is 4.90 Å². The summed E-state index contributed by atoms with van der Waals surface area (Å²) in [6.07, 6.45) is 0.994. The zero-order valence-corrected chi connectivity index (χ0v) is 9.99. The Labute approximate surface area is 96.7 Å². The van der Waals surface area contributed by atoms with Gasteiger partial charge in [-0.05, 0) is 19.4 Å². The van der Waals surface area contributed by atoms with E-state index in [0.29, 0.717) is 24.7 Å². The highest BCUT2D eigenvalue weighted by atomic mass is 19.1. The van der Waals surface area contributed by atoms with Crippen LogP contribution < -0.4 is 0 Å². The molecule has 0 saturated carbocycles. The van der Waals surface area contributed by atoms with E-state index in [1.165, 1.54) is 6.07 Å². The quantitative estimate of drug-likeness (QED) is 0.803. The molecular formula is C13H20FNO. The highest BCUT2D eigenvalue weighted by Gasteiger charge is 2.13. The van der Waals surface area contributed by atoms with Crippen LogP contribution in [0.1, 0.15) is 25.8 Å². The fourth-order valence-corrected chi connectivity index (χ4v) is 1.69. The van der Waals surface area contributed by atoms with Crippen LogP contribution in [0.3, 0.4) is 0 Å². The summed E-state index contributed by atoms with van der Waals surface area (Å²) >= 11 is 0. The number of halogens is 1. The molecule has 0 bridgehead atoms. The van der Waals surface area contributed by atoms with Crippen LogP contribution in [-0.4, -0.2) is 29.2 Å². The highest BCUT2D eigenvalue weighted by Crippen LogP contribution is 2.13. The molecule has 0 radical (unpaired) electrons. The Kier molecular flexibility index (Phi) is 5.43. The summed E-state index contributed by atoms with van der Waals surface area (Å²) in [5.41, 5.74) is 0.691. The molecule has 0 fully saturated rings. The van der Waals surface area contributed by atoms with E-state index in [9.17, 15) is 4.39 Å². The van der Waals surface area contributed by atoms with Gasteiger partial charge in [-0.25, -0.2) is 4.39 Å². The van der Waals surface area contributed by atoms with Crippen LogP contribution in [-0.2, 0) is 6.54 Å². The molecule has 1 aromatic carbocycles. The van der Waals surface area contributed by atoms with Crippen molar-refractivity contribution in [1.82, 2.24) is 4.90 Å². The smallest absolute Gasteiger partial charge is 0.127 e. The van der Waals surface area contributed by atoms with Gasteiger partial charge in [0.15, 0.2) is 0 Å². The highest BCUT2D eigenvalue weighted by molar-refractivity contribution is 5.17. The van der Waals surface area contributed by atoms with E-state index in [2.05, 4.69) is 18.7 Å². The lowest BCUT2D eigenvalue weighted by Gasteiger charge is -2.27. The molecular weight excluding hydrogens is 205 g/mol. The van der Waals surface area contributed by atoms with Crippen LogP contribution in [0.2, 0.25) is 0 Å². The summed E-state index contributed by atoms with van der Waals surface area (Å²) < 4.78 is 13.5. The predicted molar refractivity (Wildman–Crippen MR) is 63.6 cm³/mol. The van der Waals surface area contributed by atoms with Gasteiger partial charge in [-0.2, -0.15) is 0 Å². The van der Waals surface area contributed by atoms with Crippen molar-refractivity contribution < 1.29 is 9.50 Å². The van der Waals surface area contributed by atoms with Crippen LogP contribution >= 0.6 is 0 Å². The predicted octanol–water partition coefficient (Wildman–Crippen LogP) is 2.42. The van der Waals surface area contributed by atoms with E-state index < -0.39 is 0 Å². The molecule has 1 aromatic rings. The molecule has 1 rings (SSSR count). The monoisotopic (exact) mass is 225 g/mol. The second-order valence-electron chi connectivity index (χ2n) is 4.04. The molecule has 1 N–H and O–H groups in total. The maximum Gasteiger partial charge on any atom is 0.127 e. The van der Waals surface area contributed by atoms with E-state index in [4.69, 9.17) is 5.11 Å². The summed E-state index contributed by atoms with van der Waals surface area (Å²) in [5.74, 6) is -0.172. The molecule has 1 atom stereocenters. The van der Waals surface area contributed by atoms with Gasteiger partial charge in [0.25, 0.3) is 0 Å². The molecule has 3 heteroatoms. The van der Waals surface area contributed by atoms with E-state index >= 15 is 0 Å². The molecule has 0 aromatic heterocycles. The number of rotatable bonds is 6. The van der Waals surface area contributed by atoms with Crippen molar-refractivity contribution in [3.8, 4) is 0 Å². The van der Waals surface area contributed by atoms with Crippen molar-refractivity contribution in [1.29, 1.82) is 0 Å². The van der Waals surface area contributed by atoms with Gasteiger partial charge in [0.05, 0.1) is 6.61 Å². The first kappa shape index (κ1) is 13.1. The number of hydrogen-bond acceptors (Lipinski definition) is 2. The standard InChI is InChI=1S/C13H20FNO/c1-3-11(2)15(8-9-16)10-12-6-4-5-7-13(12)14/h4-7,11,16H,3,8-10H2,1-2H3/t11-/m1/s1. The summed E-state index contributed by atoms with van der Waals surface area (Å²) in [5, 5.41) is 8.99. The van der Waals surface area contributed by atoms with Crippen molar-refractivity contribution in [2.45, 2.75) is 32.9 Å². The number of aliphatic hydroxyl groups is 1. The third-order valence-electron chi connectivity index (χ3n) is 2.93. The fraction of sp³-hybridized carbons (Fsp3) is 0.538. The molecule has 2 nitrogen and oxygen atoms in total. The van der Waals surface area contributed by atoms with Crippen LogP contribution in [0.15, 0.2) is 24.3 Å². The van der Waals surface area contributed by atoms with Crippen LogP contribution in [0.25, 0.3) is 0 Å². The molecule has 0 aliphatic heterocycles. The Morgan fingerprint density at radius 1 is 1.38 bits per heavy atom. The molecule has 0 amide bonds. The number of aliphatic hydroxyl groups excluding tert-OH is 1. The molecule has 16 heavy (non-hydrogen) atoms. The Balaban J connectivity index is 2.71. The first-order valence-electron chi connectivity index (χ1n) is 5.77. The maximum absolute atomic E-state index is 13.5. The summed E-state index contributed by atoms with van der Waals surface area (Å²) in [6.45, 7) is 5.44. The third-order valence-corrected chi connectivity index (χ3v) is 2.93.